The lowest BCUT2D eigenvalue weighted by molar-refractivity contribution is -0.141. The van der Waals surface area contributed by atoms with Crippen molar-refractivity contribution in [2.45, 2.75) is 96.4 Å². The third-order valence-corrected chi connectivity index (χ3v) is 7.61. The SMILES string of the molecule is CCCCC(Cc1cccc(OC)c1)NC(=O)c1ccc(CN(C(=O)OC(C)(C)C)C23CC(C2)C3)cc1. The summed E-state index contributed by atoms with van der Waals surface area (Å²) in [5.41, 5.74) is 2.21. The van der Waals surface area contributed by atoms with Gasteiger partial charge in [-0.25, -0.2) is 4.79 Å². The molecule has 37 heavy (non-hydrogen) atoms. The average molecular weight is 507 g/mol. The van der Waals surface area contributed by atoms with Crippen LogP contribution >= 0.6 is 0 Å². The van der Waals surface area contributed by atoms with Crippen LogP contribution < -0.4 is 10.1 Å². The van der Waals surface area contributed by atoms with Gasteiger partial charge in [0.25, 0.3) is 5.91 Å². The average Bonchev–Trinajstić information content (AvgIpc) is 2.79. The fraction of sp³-hybridized carbons (Fsp3) is 0.548. The number of carbonyl (C=O) groups is 2. The quantitative estimate of drug-likeness (QED) is 0.377. The van der Waals surface area contributed by atoms with E-state index in [0.717, 1.165) is 67.7 Å². The summed E-state index contributed by atoms with van der Waals surface area (Å²) < 4.78 is 11.1. The number of rotatable bonds is 11. The molecule has 1 unspecified atom stereocenters. The fourth-order valence-electron chi connectivity index (χ4n) is 5.48. The van der Waals surface area contributed by atoms with E-state index in [1.165, 1.54) is 0 Å². The Morgan fingerprint density at radius 1 is 1.08 bits per heavy atom. The number of carbonyl (C=O) groups excluding carboxylic acids is 2. The van der Waals surface area contributed by atoms with Crippen LogP contribution in [0.3, 0.4) is 0 Å². The molecular formula is C31H42N2O4. The van der Waals surface area contributed by atoms with Gasteiger partial charge in [0.15, 0.2) is 0 Å². The standard InChI is InChI=1S/C31H42N2O4/c1-6-7-10-26(16-23-9-8-11-27(17-23)36-5)32-28(34)25-14-12-22(13-15-25)21-33(29(35)37-30(2,3)4)31-18-24(19-31)20-31/h8-9,11-15,17,24,26H,6-7,10,16,18-21H2,1-5H3,(H,32,34). The smallest absolute Gasteiger partial charge is 0.411 e. The van der Waals surface area contributed by atoms with Gasteiger partial charge in [0.2, 0.25) is 0 Å². The predicted octanol–water partition coefficient (Wildman–Crippen LogP) is 6.52. The number of hydrogen-bond donors (Lipinski definition) is 1. The topological polar surface area (TPSA) is 67.9 Å². The third-order valence-electron chi connectivity index (χ3n) is 7.61. The van der Waals surface area contributed by atoms with Crippen LogP contribution in [0.5, 0.6) is 5.75 Å². The van der Waals surface area contributed by atoms with Crippen molar-refractivity contribution in [3.8, 4) is 5.75 Å². The lowest BCUT2D eigenvalue weighted by Crippen LogP contribution is -2.69. The molecule has 3 aliphatic rings. The lowest BCUT2D eigenvalue weighted by Gasteiger charge is -2.65. The second-order valence-corrected chi connectivity index (χ2v) is 11.8. The van der Waals surface area contributed by atoms with Crippen molar-refractivity contribution in [3.63, 3.8) is 0 Å². The summed E-state index contributed by atoms with van der Waals surface area (Å²) in [6.07, 6.45) is 6.77. The zero-order valence-electron chi connectivity index (χ0n) is 23.0. The highest BCUT2D eigenvalue weighted by atomic mass is 16.6. The Morgan fingerprint density at radius 2 is 1.78 bits per heavy atom. The number of nitrogens with zero attached hydrogens (tertiary/aromatic N) is 1. The van der Waals surface area contributed by atoms with Crippen molar-refractivity contribution >= 4 is 12.0 Å². The molecule has 2 bridgehead atoms. The van der Waals surface area contributed by atoms with Crippen LogP contribution in [0, 0.1) is 5.92 Å². The molecule has 3 saturated carbocycles. The van der Waals surface area contributed by atoms with Gasteiger partial charge in [0.1, 0.15) is 11.4 Å². The lowest BCUT2D eigenvalue weighted by atomic mass is 9.49. The van der Waals surface area contributed by atoms with Gasteiger partial charge in [-0.05, 0) is 94.2 Å². The minimum atomic E-state index is -0.528. The first kappa shape index (κ1) is 27.0. The molecule has 0 saturated heterocycles. The maximum atomic E-state index is 13.1. The molecular weight excluding hydrogens is 464 g/mol. The molecule has 200 valence electrons. The molecule has 1 atom stereocenters. The molecule has 1 N–H and O–H groups in total. The van der Waals surface area contributed by atoms with Crippen LogP contribution in [0.2, 0.25) is 0 Å². The van der Waals surface area contributed by atoms with Crippen molar-refractivity contribution in [3.05, 3.63) is 65.2 Å². The van der Waals surface area contributed by atoms with Gasteiger partial charge in [-0.3, -0.25) is 9.69 Å². The molecule has 5 rings (SSSR count). The first-order chi connectivity index (χ1) is 17.6. The summed E-state index contributed by atoms with van der Waals surface area (Å²) in [6, 6.07) is 15.7. The van der Waals surface area contributed by atoms with Gasteiger partial charge < -0.3 is 14.8 Å². The fourth-order valence-corrected chi connectivity index (χ4v) is 5.48. The van der Waals surface area contributed by atoms with E-state index in [2.05, 4.69) is 18.3 Å². The normalized spacial score (nSPS) is 20.7. The maximum Gasteiger partial charge on any atom is 0.411 e. The molecule has 6 heteroatoms. The van der Waals surface area contributed by atoms with E-state index in [9.17, 15) is 9.59 Å². The van der Waals surface area contributed by atoms with E-state index in [4.69, 9.17) is 9.47 Å². The van der Waals surface area contributed by atoms with Gasteiger partial charge in [-0.2, -0.15) is 0 Å². The second-order valence-electron chi connectivity index (χ2n) is 11.8. The first-order valence-corrected chi connectivity index (χ1v) is 13.6. The Balaban J connectivity index is 1.40. The van der Waals surface area contributed by atoms with E-state index in [-0.39, 0.29) is 23.6 Å². The van der Waals surface area contributed by atoms with Crippen molar-refractivity contribution in [2.24, 2.45) is 5.92 Å². The van der Waals surface area contributed by atoms with Gasteiger partial charge in [-0.15, -0.1) is 0 Å². The number of unbranched alkanes of at least 4 members (excludes halogenated alkanes) is 1. The largest absolute Gasteiger partial charge is 0.497 e. The van der Waals surface area contributed by atoms with Gasteiger partial charge in [0, 0.05) is 23.7 Å². The van der Waals surface area contributed by atoms with Crippen molar-refractivity contribution in [2.75, 3.05) is 7.11 Å². The molecule has 2 amide bonds. The first-order valence-electron chi connectivity index (χ1n) is 13.6. The number of benzene rings is 2. The minimum Gasteiger partial charge on any atom is -0.497 e. The van der Waals surface area contributed by atoms with Gasteiger partial charge in [0.05, 0.1) is 7.11 Å². The Morgan fingerprint density at radius 3 is 2.35 bits per heavy atom. The number of hydrogen-bond acceptors (Lipinski definition) is 4. The molecule has 6 nitrogen and oxygen atoms in total. The Bertz CT molecular complexity index is 1070. The molecule has 0 aromatic heterocycles. The summed E-state index contributed by atoms with van der Waals surface area (Å²) in [5, 5.41) is 3.24. The van der Waals surface area contributed by atoms with Crippen molar-refractivity contribution < 1.29 is 19.1 Å². The number of nitrogens with one attached hydrogen (secondary N) is 1. The molecule has 2 aromatic carbocycles. The van der Waals surface area contributed by atoms with E-state index < -0.39 is 5.60 Å². The molecule has 2 aromatic rings. The monoisotopic (exact) mass is 506 g/mol. The summed E-state index contributed by atoms with van der Waals surface area (Å²) in [6.45, 7) is 8.37. The highest BCUT2D eigenvalue weighted by molar-refractivity contribution is 5.94. The van der Waals surface area contributed by atoms with Crippen LogP contribution in [0.4, 0.5) is 4.79 Å². The zero-order valence-corrected chi connectivity index (χ0v) is 23.0. The zero-order chi connectivity index (χ0) is 26.6. The molecule has 0 aliphatic heterocycles. The van der Waals surface area contributed by atoms with E-state index in [1.807, 2.05) is 68.1 Å². The van der Waals surface area contributed by atoms with E-state index in [1.54, 1.807) is 7.11 Å². The predicted molar refractivity (Wildman–Crippen MR) is 146 cm³/mol. The number of amides is 2. The second kappa shape index (κ2) is 11.2. The van der Waals surface area contributed by atoms with Crippen LogP contribution in [-0.4, -0.2) is 41.2 Å². The van der Waals surface area contributed by atoms with Crippen LogP contribution in [0.15, 0.2) is 48.5 Å². The summed E-state index contributed by atoms with van der Waals surface area (Å²) in [5.74, 6) is 1.51. The number of ether oxygens (including phenoxy) is 2. The Kier molecular flexibility index (Phi) is 8.15. The number of methoxy groups -OCH3 is 1. The van der Waals surface area contributed by atoms with Crippen molar-refractivity contribution in [1.29, 1.82) is 0 Å². The van der Waals surface area contributed by atoms with Crippen molar-refractivity contribution in [1.82, 2.24) is 10.2 Å². The molecule has 0 heterocycles. The Labute approximate surface area is 221 Å². The summed E-state index contributed by atoms with van der Waals surface area (Å²) in [7, 11) is 1.67. The Hall–Kier alpha value is -3.02. The summed E-state index contributed by atoms with van der Waals surface area (Å²) >= 11 is 0. The van der Waals surface area contributed by atoms with E-state index in [0.29, 0.717) is 12.1 Å². The van der Waals surface area contributed by atoms with Crippen LogP contribution in [0.25, 0.3) is 0 Å². The molecule has 3 fully saturated rings. The molecule has 0 radical (unpaired) electrons. The summed E-state index contributed by atoms with van der Waals surface area (Å²) in [4.78, 5) is 28.1. The molecule has 0 spiro atoms. The van der Waals surface area contributed by atoms with Crippen LogP contribution in [0.1, 0.15) is 87.7 Å². The van der Waals surface area contributed by atoms with Crippen LogP contribution in [-0.2, 0) is 17.7 Å². The minimum absolute atomic E-state index is 0.0460. The maximum absolute atomic E-state index is 13.1. The highest BCUT2D eigenvalue weighted by Gasteiger charge is 2.61. The van der Waals surface area contributed by atoms with Gasteiger partial charge in [-0.1, -0.05) is 44.0 Å². The van der Waals surface area contributed by atoms with E-state index >= 15 is 0 Å². The molecule has 3 aliphatic carbocycles. The van der Waals surface area contributed by atoms with Gasteiger partial charge >= 0.3 is 6.09 Å². The third kappa shape index (κ3) is 6.65. The highest BCUT2D eigenvalue weighted by Crippen LogP contribution is 2.61.